The highest BCUT2D eigenvalue weighted by atomic mass is 35.5. The van der Waals surface area contributed by atoms with Crippen molar-refractivity contribution in [3.05, 3.63) is 135 Å². The van der Waals surface area contributed by atoms with Crippen LogP contribution in [-0.4, -0.2) is 33.6 Å². The molecule has 4 aromatic carbocycles. The number of thioether (sulfide) groups is 1. The minimum Gasteiger partial charge on any atom is -0.507 e. The van der Waals surface area contributed by atoms with Gasteiger partial charge >= 0.3 is 5.91 Å². The fraction of sp³-hybridized carbons (Fsp3) is 0.167. The summed E-state index contributed by atoms with van der Waals surface area (Å²) in [6, 6.07) is 27.9. The molecule has 0 aliphatic carbocycles. The van der Waals surface area contributed by atoms with E-state index in [4.69, 9.17) is 32.7 Å². The summed E-state index contributed by atoms with van der Waals surface area (Å²) in [4.78, 5) is 28.7. The third-order valence-electron chi connectivity index (χ3n) is 7.46. The summed E-state index contributed by atoms with van der Waals surface area (Å²) in [6.45, 7) is 2.94. The number of aromatic nitrogens is 2. The number of hydrogen-bond acceptors (Lipinski definition) is 9. The number of carbonyl (C=O) groups is 2. The molecular formula is C36H29Cl2N3O5S2. The molecule has 1 aromatic heterocycles. The number of aliphatic hydroxyl groups is 1. The maximum atomic E-state index is 13.7. The van der Waals surface area contributed by atoms with Gasteiger partial charge in [-0.3, -0.25) is 14.5 Å². The van der Waals surface area contributed by atoms with Crippen LogP contribution in [0.2, 0.25) is 10.0 Å². The first-order valence-corrected chi connectivity index (χ1v) is 17.6. The second kappa shape index (κ2) is 15.3. The van der Waals surface area contributed by atoms with Crippen molar-refractivity contribution in [2.24, 2.45) is 0 Å². The van der Waals surface area contributed by atoms with Crippen LogP contribution in [0.4, 0.5) is 5.13 Å². The summed E-state index contributed by atoms with van der Waals surface area (Å²) in [5, 5.41) is 21.4. The lowest BCUT2D eigenvalue weighted by Gasteiger charge is -2.22. The molecule has 1 aliphatic heterocycles. The van der Waals surface area contributed by atoms with Crippen molar-refractivity contribution < 1.29 is 24.2 Å². The summed E-state index contributed by atoms with van der Waals surface area (Å²) in [6.07, 6.45) is 0.849. The van der Waals surface area contributed by atoms with Gasteiger partial charge in [-0.15, -0.1) is 10.2 Å². The standard InChI is InChI=1S/C36H29Cl2N3O5S2/c1-2-18-45-27-16-11-24(12-17-27)32(42)30-31(23-9-14-28(15-10-23)46-20-22-6-4-3-5-7-22)41(34(44)33(30)43)35-39-40-36(48-35)47-21-25-8-13-26(37)19-29(25)38/h3-17,19,31,42H,2,18,20-21H2,1H3/b32-30-. The number of halogens is 2. The molecule has 0 bridgehead atoms. The van der Waals surface area contributed by atoms with Gasteiger partial charge in [-0.1, -0.05) is 102 Å². The van der Waals surface area contributed by atoms with Gasteiger partial charge in [0, 0.05) is 21.4 Å². The Morgan fingerprint density at radius 1 is 0.917 bits per heavy atom. The third-order valence-corrected chi connectivity index (χ3v) is 10.1. The van der Waals surface area contributed by atoms with E-state index in [0.29, 0.717) is 56.0 Å². The van der Waals surface area contributed by atoms with E-state index >= 15 is 0 Å². The van der Waals surface area contributed by atoms with Crippen LogP contribution in [0.25, 0.3) is 5.76 Å². The van der Waals surface area contributed by atoms with Crippen LogP contribution < -0.4 is 14.4 Å². The molecule has 0 spiro atoms. The number of aliphatic hydroxyl groups excluding tert-OH is 1. The van der Waals surface area contributed by atoms with Crippen molar-refractivity contribution in [2.45, 2.75) is 36.1 Å². The van der Waals surface area contributed by atoms with E-state index in [2.05, 4.69) is 10.2 Å². The second-order valence-corrected chi connectivity index (χ2v) is 13.8. The van der Waals surface area contributed by atoms with Gasteiger partial charge in [0.1, 0.15) is 23.9 Å². The second-order valence-electron chi connectivity index (χ2n) is 10.8. The molecular weight excluding hydrogens is 689 g/mol. The third kappa shape index (κ3) is 7.52. The minimum atomic E-state index is -0.972. The highest BCUT2D eigenvalue weighted by molar-refractivity contribution is 8.00. The van der Waals surface area contributed by atoms with E-state index in [-0.39, 0.29) is 16.5 Å². The zero-order valence-electron chi connectivity index (χ0n) is 25.6. The molecule has 1 unspecified atom stereocenters. The normalized spacial score (nSPS) is 15.6. The van der Waals surface area contributed by atoms with Crippen molar-refractivity contribution in [1.82, 2.24) is 10.2 Å². The summed E-state index contributed by atoms with van der Waals surface area (Å²) in [5.41, 5.74) is 2.78. The Morgan fingerprint density at radius 3 is 2.33 bits per heavy atom. The number of benzene rings is 4. The molecule has 48 heavy (non-hydrogen) atoms. The number of ketones is 1. The molecule has 1 fully saturated rings. The summed E-state index contributed by atoms with van der Waals surface area (Å²) < 4.78 is 12.2. The average Bonchev–Trinajstić information content (AvgIpc) is 3.68. The summed E-state index contributed by atoms with van der Waals surface area (Å²) in [5.74, 6) is -0.209. The first kappa shape index (κ1) is 33.5. The van der Waals surface area contributed by atoms with Crippen LogP contribution in [0.5, 0.6) is 11.5 Å². The molecule has 1 amide bonds. The van der Waals surface area contributed by atoms with Gasteiger partial charge < -0.3 is 14.6 Å². The zero-order chi connectivity index (χ0) is 33.6. The molecule has 8 nitrogen and oxygen atoms in total. The Kier molecular flexibility index (Phi) is 10.7. The van der Waals surface area contributed by atoms with E-state index < -0.39 is 17.7 Å². The molecule has 6 rings (SSSR count). The lowest BCUT2D eigenvalue weighted by molar-refractivity contribution is -0.132. The average molecular weight is 719 g/mol. The Bertz CT molecular complexity index is 1950. The molecule has 1 atom stereocenters. The van der Waals surface area contributed by atoms with Crippen LogP contribution >= 0.6 is 46.3 Å². The Balaban J connectivity index is 1.32. The topological polar surface area (TPSA) is 102 Å². The number of rotatable bonds is 12. The van der Waals surface area contributed by atoms with E-state index in [1.165, 1.54) is 28.0 Å². The van der Waals surface area contributed by atoms with Gasteiger partial charge in [0.05, 0.1) is 18.2 Å². The first-order chi connectivity index (χ1) is 23.3. The minimum absolute atomic E-state index is 0.0578. The van der Waals surface area contributed by atoms with E-state index in [1.807, 2.05) is 43.3 Å². The van der Waals surface area contributed by atoms with E-state index in [0.717, 1.165) is 17.5 Å². The lowest BCUT2D eigenvalue weighted by atomic mass is 9.95. The van der Waals surface area contributed by atoms with Crippen LogP contribution in [0.15, 0.2) is 107 Å². The quantitative estimate of drug-likeness (QED) is 0.0448. The first-order valence-electron chi connectivity index (χ1n) is 15.0. The van der Waals surface area contributed by atoms with E-state index in [9.17, 15) is 14.7 Å². The van der Waals surface area contributed by atoms with Gasteiger partial charge in [-0.25, -0.2) is 0 Å². The SMILES string of the molecule is CCCOc1ccc(/C(O)=C2/C(=O)C(=O)N(c3nnc(SCc4ccc(Cl)cc4Cl)s3)C2c2ccc(OCc3ccccc3)cc2)cc1. The fourth-order valence-corrected chi connectivity index (χ4v) is 7.48. The smallest absolute Gasteiger partial charge is 0.301 e. The monoisotopic (exact) mass is 717 g/mol. The predicted octanol–water partition coefficient (Wildman–Crippen LogP) is 9.13. The number of amides is 1. The molecule has 1 aliphatic rings. The van der Waals surface area contributed by atoms with Gasteiger partial charge in [-0.05, 0) is 71.6 Å². The Hall–Kier alpha value is -4.35. The molecule has 244 valence electrons. The van der Waals surface area contributed by atoms with Crippen LogP contribution in [0.3, 0.4) is 0 Å². The van der Waals surface area contributed by atoms with Crippen molar-refractivity contribution in [1.29, 1.82) is 0 Å². The molecule has 0 saturated carbocycles. The Labute approximate surface area is 295 Å². The van der Waals surface area contributed by atoms with E-state index in [1.54, 1.807) is 60.7 Å². The molecule has 1 N–H and O–H groups in total. The highest BCUT2D eigenvalue weighted by Gasteiger charge is 2.48. The van der Waals surface area contributed by atoms with Crippen LogP contribution in [-0.2, 0) is 21.9 Å². The van der Waals surface area contributed by atoms with Crippen molar-refractivity contribution in [2.75, 3.05) is 11.5 Å². The number of hydrogen-bond donors (Lipinski definition) is 1. The summed E-state index contributed by atoms with van der Waals surface area (Å²) >= 11 is 15.0. The predicted molar refractivity (Wildman–Crippen MR) is 190 cm³/mol. The number of ether oxygens (including phenoxy) is 2. The van der Waals surface area contributed by atoms with Crippen molar-refractivity contribution in [3.8, 4) is 11.5 Å². The van der Waals surface area contributed by atoms with Gasteiger partial charge in [0.2, 0.25) is 5.13 Å². The van der Waals surface area contributed by atoms with Crippen LogP contribution in [0, 0.1) is 0 Å². The number of carbonyl (C=O) groups excluding carboxylic acids is 2. The molecule has 2 heterocycles. The molecule has 5 aromatic rings. The highest BCUT2D eigenvalue weighted by Crippen LogP contribution is 2.44. The lowest BCUT2D eigenvalue weighted by Crippen LogP contribution is -2.29. The van der Waals surface area contributed by atoms with Crippen molar-refractivity contribution >= 4 is 68.9 Å². The molecule has 12 heteroatoms. The zero-order valence-corrected chi connectivity index (χ0v) is 28.8. The van der Waals surface area contributed by atoms with Crippen LogP contribution in [0.1, 0.15) is 41.6 Å². The maximum absolute atomic E-state index is 13.7. The maximum Gasteiger partial charge on any atom is 0.301 e. The largest absolute Gasteiger partial charge is 0.507 e. The Morgan fingerprint density at radius 2 is 1.62 bits per heavy atom. The van der Waals surface area contributed by atoms with Gasteiger partial charge in [0.15, 0.2) is 4.34 Å². The fourth-order valence-electron chi connectivity index (χ4n) is 5.05. The van der Waals surface area contributed by atoms with Gasteiger partial charge in [-0.2, -0.15) is 0 Å². The number of nitrogens with zero attached hydrogens (tertiary/aromatic N) is 3. The summed E-state index contributed by atoms with van der Waals surface area (Å²) in [7, 11) is 0. The van der Waals surface area contributed by atoms with Crippen molar-refractivity contribution in [3.63, 3.8) is 0 Å². The number of anilines is 1. The van der Waals surface area contributed by atoms with Gasteiger partial charge in [0.25, 0.3) is 5.78 Å². The molecule has 1 saturated heterocycles. The number of Topliss-reactive ketones (excluding diaryl/α,β-unsaturated/α-hetero) is 1. The molecule has 0 radical (unpaired) electrons.